The summed E-state index contributed by atoms with van der Waals surface area (Å²) in [6, 6.07) is 31.3. The molecular weight excluding hydrogens is 520 g/mol. The van der Waals surface area contributed by atoms with Crippen molar-refractivity contribution in [2.75, 3.05) is 4.90 Å². The highest BCUT2D eigenvalue weighted by Gasteiger charge is 2.25. The molecule has 0 saturated carbocycles. The molecule has 0 unspecified atom stereocenters. The number of hydrogen-bond acceptors (Lipinski definition) is 3. The summed E-state index contributed by atoms with van der Waals surface area (Å²) in [5.41, 5.74) is 6.35. The summed E-state index contributed by atoms with van der Waals surface area (Å²) >= 11 is 9.00. The zero-order chi connectivity index (χ0) is 20.7. The Balaban J connectivity index is 1.59. The van der Waals surface area contributed by atoms with E-state index in [1.165, 1.54) is 21.2 Å². The lowest BCUT2D eigenvalue weighted by Gasteiger charge is -2.33. The smallest absolute Gasteiger partial charge is 0.0991 e. The van der Waals surface area contributed by atoms with E-state index in [0.29, 0.717) is 5.56 Å². The maximum absolute atomic E-state index is 9.01. The third-order valence-electron chi connectivity index (χ3n) is 5.02. The van der Waals surface area contributed by atoms with Crippen molar-refractivity contribution in [3.05, 3.63) is 99.4 Å². The third kappa shape index (κ3) is 3.56. The number of nitrogens with zero attached hydrogens (tertiary/aromatic N) is 2. The van der Waals surface area contributed by atoms with Gasteiger partial charge in [-0.1, -0.05) is 67.9 Å². The number of nitriles is 1. The Morgan fingerprint density at radius 1 is 0.667 bits per heavy atom. The molecule has 1 heterocycles. The van der Waals surface area contributed by atoms with E-state index in [0.717, 1.165) is 25.8 Å². The molecule has 0 aromatic heterocycles. The fourth-order valence-corrected chi connectivity index (χ4v) is 5.74. The molecule has 1 aliphatic rings. The maximum Gasteiger partial charge on any atom is 0.0991 e. The van der Waals surface area contributed by atoms with E-state index in [1.54, 1.807) is 11.8 Å². The van der Waals surface area contributed by atoms with Crippen molar-refractivity contribution in [3.63, 3.8) is 0 Å². The number of halogens is 2. The van der Waals surface area contributed by atoms with Crippen LogP contribution in [0.5, 0.6) is 0 Å². The fourth-order valence-electron chi connectivity index (χ4n) is 3.58. The van der Waals surface area contributed by atoms with Gasteiger partial charge in [0, 0.05) is 24.4 Å². The van der Waals surface area contributed by atoms with Crippen molar-refractivity contribution >= 4 is 60.7 Å². The number of benzene rings is 4. The number of fused-ring (bicyclic) bond motifs is 2. The molecule has 30 heavy (non-hydrogen) atoms. The van der Waals surface area contributed by atoms with Crippen LogP contribution in [0.25, 0.3) is 11.1 Å². The summed E-state index contributed by atoms with van der Waals surface area (Å²) in [6.07, 6.45) is 0. The van der Waals surface area contributed by atoms with E-state index in [-0.39, 0.29) is 0 Å². The Bertz CT molecular complexity index is 1240. The van der Waals surface area contributed by atoms with Gasteiger partial charge in [0.05, 0.1) is 23.0 Å². The summed E-state index contributed by atoms with van der Waals surface area (Å²) in [5, 5.41) is 9.01. The summed E-state index contributed by atoms with van der Waals surface area (Å²) in [4.78, 5) is 4.74. The first-order valence-electron chi connectivity index (χ1n) is 9.30. The lowest BCUT2D eigenvalue weighted by Crippen LogP contribution is -2.14. The van der Waals surface area contributed by atoms with Gasteiger partial charge < -0.3 is 4.90 Å². The summed E-state index contributed by atoms with van der Waals surface area (Å²) < 4.78 is 2.15. The minimum Gasteiger partial charge on any atom is -0.308 e. The van der Waals surface area contributed by atoms with Gasteiger partial charge in [0.25, 0.3) is 0 Å². The molecule has 4 aromatic carbocycles. The van der Waals surface area contributed by atoms with Gasteiger partial charge in [-0.3, -0.25) is 0 Å². The summed E-state index contributed by atoms with van der Waals surface area (Å²) in [7, 11) is 0. The highest BCUT2D eigenvalue weighted by Crippen LogP contribution is 2.52. The topological polar surface area (TPSA) is 27.0 Å². The third-order valence-corrected chi connectivity index (χ3v) is 7.10. The zero-order valence-electron chi connectivity index (χ0n) is 15.6. The predicted octanol–water partition coefficient (Wildman–Crippen LogP) is 8.68. The minimum absolute atomic E-state index is 0.673. The number of hydrogen-bond donors (Lipinski definition) is 0. The van der Waals surface area contributed by atoms with Crippen LogP contribution >= 0.6 is 43.6 Å². The molecule has 4 aromatic rings. The molecule has 0 radical (unpaired) electrons. The van der Waals surface area contributed by atoms with Crippen LogP contribution in [0.2, 0.25) is 0 Å². The molecule has 0 N–H and O–H groups in total. The summed E-state index contributed by atoms with van der Waals surface area (Å²) in [5.74, 6) is 0. The lowest BCUT2D eigenvalue weighted by atomic mass is 10.0. The lowest BCUT2D eigenvalue weighted by molar-refractivity contribution is 1.16. The van der Waals surface area contributed by atoms with Crippen LogP contribution in [0, 0.1) is 11.3 Å². The first-order valence-corrected chi connectivity index (χ1v) is 11.7. The van der Waals surface area contributed by atoms with Crippen LogP contribution < -0.4 is 4.90 Å². The standard InChI is InChI=1S/C25H14Br2N2S/c26-19-7-11-22-24(13-19)30-25-14-20(27)8-12-23(25)29(22)21-9-5-18(6-10-21)17-3-1-16(15-28)2-4-17/h1-14H. The molecule has 0 aliphatic carbocycles. The number of anilines is 3. The van der Waals surface area contributed by atoms with Gasteiger partial charge >= 0.3 is 0 Å². The van der Waals surface area contributed by atoms with Crippen LogP contribution in [-0.2, 0) is 0 Å². The molecule has 5 heteroatoms. The molecule has 1 aliphatic heterocycles. The molecule has 0 amide bonds. The molecule has 0 bridgehead atoms. The van der Waals surface area contributed by atoms with E-state index in [1.807, 2.05) is 24.3 Å². The van der Waals surface area contributed by atoms with Crippen LogP contribution in [0.15, 0.2) is 104 Å². The van der Waals surface area contributed by atoms with Crippen LogP contribution in [-0.4, -0.2) is 0 Å². The Morgan fingerprint density at radius 2 is 1.17 bits per heavy atom. The highest BCUT2D eigenvalue weighted by molar-refractivity contribution is 9.10. The second-order valence-electron chi connectivity index (χ2n) is 6.90. The molecule has 0 fully saturated rings. The number of rotatable bonds is 2. The van der Waals surface area contributed by atoms with Crippen molar-refractivity contribution in [3.8, 4) is 17.2 Å². The molecule has 5 rings (SSSR count). The Kier molecular flexibility index (Phi) is 5.16. The normalized spacial score (nSPS) is 12.1. The molecule has 0 spiro atoms. The maximum atomic E-state index is 9.01. The van der Waals surface area contributed by atoms with Gasteiger partial charge in [-0.25, -0.2) is 0 Å². The predicted molar refractivity (Wildman–Crippen MR) is 131 cm³/mol. The average Bonchev–Trinajstić information content (AvgIpc) is 2.77. The molecule has 2 nitrogen and oxygen atoms in total. The Labute approximate surface area is 196 Å². The van der Waals surface area contributed by atoms with Crippen molar-refractivity contribution in [1.82, 2.24) is 0 Å². The Hall–Kier alpha value is -2.52. The van der Waals surface area contributed by atoms with Gasteiger partial charge in [-0.15, -0.1) is 0 Å². The Morgan fingerprint density at radius 3 is 1.67 bits per heavy atom. The first kappa shape index (κ1) is 19.4. The van der Waals surface area contributed by atoms with Crippen molar-refractivity contribution < 1.29 is 0 Å². The minimum atomic E-state index is 0.673. The van der Waals surface area contributed by atoms with E-state index in [9.17, 15) is 0 Å². The first-order chi connectivity index (χ1) is 14.6. The largest absolute Gasteiger partial charge is 0.308 e. The van der Waals surface area contributed by atoms with E-state index < -0.39 is 0 Å². The molecule has 0 saturated heterocycles. The van der Waals surface area contributed by atoms with Crippen molar-refractivity contribution in [2.45, 2.75) is 9.79 Å². The van der Waals surface area contributed by atoms with Crippen molar-refractivity contribution in [2.24, 2.45) is 0 Å². The fraction of sp³-hybridized carbons (Fsp3) is 0. The average molecular weight is 534 g/mol. The quantitative estimate of drug-likeness (QED) is 0.227. The second kappa shape index (κ2) is 7.96. The van der Waals surface area contributed by atoms with E-state index in [2.05, 4.69) is 103 Å². The molecule has 0 atom stereocenters. The molecule has 144 valence electrons. The van der Waals surface area contributed by atoms with Crippen molar-refractivity contribution in [1.29, 1.82) is 5.26 Å². The van der Waals surface area contributed by atoms with Gasteiger partial charge in [-0.2, -0.15) is 5.26 Å². The monoisotopic (exact) mass is 532 g/mol. The van der Waals surface area contributed by atoms with E-state index in [4.69, 9.17) is 5.26 Å². The van der Waals surface area contributed by atoms with Gasteiger partial charge in [0.1, 0.15) is 0 Å². The van der Waals surface area contributed by atoms with Crippen LogP contribution in [0.1, 0.15) is 5.56 Å². The SMILES string of the molecule is N#Cc1ccc(-c2ccc(N3c4ccc(Br)cc4Sc4cc(Br)ccc43)cc2)cc1. The summed E-state index contributed by atoms with van der Waals surface area (Å²) in [6.45, 7) is 0. The van der Waals surface area contributed by atoms with Crippen LogP contribution in [0.3, 0.4) is 0 Å². The second-order valence-corrected chi connectivity index (χ2v) is 9.81. The molecular formula is C25H14Br2N2S. The van der Waals surface area contributed by atoms with Crippen LogP contribution in [0.4, 0.5) is 17.1 Å². The van der Waals surface area contributed by atoms with Gasteiger partial charge in [0.15, 0.2) is 0 Å². The van der Waals surface area contributed by atoms with Gasteiger partial charge in [-0.05, 0) is 71.8 Å². The van der Waals surface area contributed by atoms with Gasteiger partial charge in [0.2, 0.25) is 0 Å². The van der Waals surface area contributed by atoms with E-state index >= 15 is 0 Å². The highest BCUT2D eigenvalue weighted by atomic mass is 79.9. The zero-order valence-corrected chi connectivity index (χ0v) is 19.6.